The number of fused-ring (bicyclic) bond motifs is 1. The van der Waals surface area contributed by atoms with E-state index >= 15 is 0 Å². The third kappa shape index (κ3) is 4.10. The fraction of sp³-hybridized carbons (Fsp3) is 0.211. The number of amides is 1. The summed E-state index contributed by atoms with van der Waals surface area (Å²) in [5, 5.41) is 0. The van der Waals surface area contributed by atoms with Gasteiger partial charge >= 0.3 is 0 Å². The molecule has 3 rings (SSSR count). The molecule has 128 valence electrons. The Bertz CT molecular complexity index is 882. The Labute approximate surface area is 146 Å². The van der Waals surface area contributed by atoms with E-state index in [0.29, 0.717) is 31.0 Å². The van der Waals surface area contributed by atoms with E-state index in [9.17, 15) is 4.79 Å². The van der Waals surface area contributed by atoms with Crippen LogP contribution in [0.1, 0.15) is 16.1 Å². The molecule has 6 heteroatoms. The fourth-order valence-electron chi connectivity index (χ4n) is 2.50. The second-order valence-corrected chi connectivity index (χ2v) is 5.68. The molecule has 2 N–H and O–H groups in total. The first-order valence-corrected chi connectivity index (χ1v) is 8.06. The first kappa shape index (κ1) is 16.9. The van der Waals surface area contributed by atoms with Gasteiger partial charge in [-0.15, -0.1) is 0 Å². The van der Waals surface area contributed by atoms with E-state index in [2.05, 4.69) is 9.97 Å². The zero-order chi connectivity index (χ0) is 17.6. The second-order valence-electron chi connectivity index (χ2n) is 5.68. The van der Waals surface area contributed by atoms with E-state index in [1.165, 1.54) is 0 Å². The molecule has 0 saturated heterocycles. The van der Waals surface area contributed by atoms with Crippen molar-refractivity contribution in [2.24, 2.45) is 5.73 Å². The monoisotopic (exact) mass is 336 g/mol. The van der Waals surface area contributed by atoms with Crippen LogP contribution in [0.25, 0.3) is 11.0 Å². The first-order chi connectivity index (χ1) is 12.2. The van der Waals surface area contributed by atoms with Crippen molar-refractivity contribution >= 4 is 16.9 Å². The van der Waals surface area contributed by atoms with Crippen molar-refractivity contribution in [1.82, 2.24) is 14.9 Å². The van der Waals surface area contributed by atoms with Gasteiger partial charge in [-0.1, -0.05) is 18.2 Å². The summed E-state index contributed by atoms with van der Waals surface area (Å²) < 4.78 is 5.47. The SMILES string of the molecule is CN(Cc1cnc2ccccc2n1)C(=O)c1cccc(OCCN)c1. The molecule has 1 aromatic heterocycles. The van der Waals surface area contributed by atoms with Crippen molar-refractivity contribution in [3.63, 3.8) is 0 Å². The predicted octanol–water partition coefficient (Wildman–Crippen LogP) is 2.24. The first-order valence-electron chi connectivity index (χ1n) is 8.06. The minimum atomic E-state index is -0.104. The Morgan fingerprint density at radius 2 is 1.96 bits per heavy atom. The number of benzene rings is 2. The van der Waals surface area contributed by atoms with Crippen molar-refractivity contribution in [3.05, 3.63) is 66.0 Å². The molecule has 2 aromatic carbocycles. The molecule has 0 spiro atoms. The van der Waals surface area contributed by atoms with Crippen molar-refractivity contribution < 1.29 is 9.53 Å². The lowest BCUT2D eigenvalue weighted by Gasteiger charge is -2.17. The maximum absolute atomic E-state index is 12.6. The molecule has 0 aliphatic carbocycles. The van der Waals surface area contributed by atoms with Crippen LogP contribution in [-0.4, -0.2) is 41.0 Å². The predicted molar refractivity (Wildman–Crippen MR) is 96.3 cm³/mol. The van der Waals surface area contributed by atoms with Gasteiger partial charge in [0.15, 0.2) is 0 Å². The standard InChI is InChI=1S/C19H20N4O2/c1-23(13-15-12-21-17-7-2-3-8-18(17)22-15)19(24)14-5-4-6-16(11-14)25-10-9-20/h2-8,11-12H,9-10,13,20H2,1H3. The fourth-order valence-corrected chi connectivity index (χ4v) is 2.50. The molecule has 3 aromatic rings. The largest absolute Gasteiger partial charge is 0.492 e. The Morgan fingerprint density at radius 3 is 2.76 bits per heavy atom. The van der Waals surface area contributed by atoms with Crippen molar-refractivity contribution in [3.8, 4) is 5.75 Å². The third-order valence-electron chi connectivity index (χ3n) is 3.71. The molecule has 0 unspecified atom stereocenters. The number of carbonyl (C=O) groups excluding carboxylic acids is 1. The number of para-hydroxylation sites is 2. The minimum Gasteiger partial charge on any atom is -0.492 e. The van der Waals surface area contributed by atoms with E-state index in [-0.39, 0.29) is 5.91 Å². The highest BCUT2D eigenvalue weighted by atomic mass is 16.5. The van der Waals surface area contributed by atoms with Gasteiger partial charge < -0.3 is 15.4 Å². The number of aromatic nitrogens is 2. The highest BCUT2D eigenvalue weighted by Gasteiger charge is 2.14. The van der Waals surface area contributed by atoms with Crippen LogP contribution in [0, 0.1) is 0 Å². The van der Waals surface area contributed by atoms with Gasteiger partial charge in [0.1, 0.15) is 12.4 Å². The van der Waals surface area contributed by atoms with E-state index in [4.69, 9.17) is 10.5 Å². The number of rotatable bonds is 6. The molecular formula is C19H20N4O2. The molecule has 0 atom stereocenters. The number of ether oxygens (including phenoxy) is 1. The summed E-state index contributed by atoms with van der Waals surface area (Å²) in [6.07, 6.45) is 1.70. The highest BCUT2D eigenvalue weighted by molar-refractivity contribution is 5.94. The van der Waals surface area contributed by atoms with E-state index in [0.717, 1.165) is 16.7 Å². The van der Waals surface area contributed by atoms with Gasteiger partial charge in [0.2, 0.25) is 0 Å². The molecular weight excluding hydrogens is 316 g/mol. The van der Waals surface area contributed by atoms with E-state index in [1.807, 2.05) is 24.3 Å². The maximum Gasteiger partial charge on any atom is 0.254 e. The van der Waals surface area contributed by atoms with E-state index in [1.54, 1.807) is 42.4 Å². The Kier molecular flexibility index (Phi) is 5.20. The lowest BCUT2D eigenvalue weighted by atomic mass is 10.2. The summed E-state index contributed by atoms with van der Waals surface area (Å²) in [4.78, 5) is 23.2. The van der Waals surface area contributed by atoms with Crippen molar-refractivity contribution in [1.29, 1.82) is 0 Å². The zero-order valence-electron chi connectivity index (χ0n) is 14.1. The molecule has 1 amide bonds. The minimum absolute atomic E-state index is 0.104. The van der Waals surface area contributed by atoms with Gasteiger partial charge in [-0.25, -0.2) is 4.98 Å². The summed E-state index contributed by atoms with van der Waals surface area (Å²) in [7, 11) is 1.74. The summed E-state index contributed by atoms with van der Waals surface area (Å²) in [6.45, 7) is 1.23. The normalized spacial score (nSPS) is 10.6. The number of nitrogens with two attached hydrogens (primary N) is 1. The quantitative estimate of drug-likeness (QED) is 0.746. The Balaban J connectivity index is 1.73. The number of carbonyl (C=O) groups is 1. The summed E-state index contributed by atoms with van der Waals surface area (Å²) >= 11 is 0. The summed E-state index contributed by atoms with van der Waals surface area (Å²) in [6, 6.07) is 14.7. The second kappa shape index (κ2) is 7.72. The average molecular weight is 336 g/mol. The smallest absolute Gasteiger partial charge is 0.254 e. The Morgan fingerprint density at radius 1 is 1.16 bits per heavy atom. The van der Waals surface area contributed by atoms with Gasteiger partial charge in [0.25, 0.3) is 5.91 Å². The average Bonchev–Trinajstić information content (AvgIpc) is 2.66. The van der Waals surface area contributed by atoms with Crippen molar-refractivity contribution in [2.75, 3.05) is 20.2 Å². The topological polar surface area (TPSA) is 81.3 Å². The van der Waals surface area contributed by atoms with Crippen LogP contribution in [0.15, 0.2) is 54.7 Å². The van der Waals surface area contributed by atoms with Crippen LogP contribution in [0.4, 0.5) is 0 Å². The van der Waals surface area contributed by atoms with Crippen LogP contribution in [0.2, 0.25) is 0 Å². The number of hydrogen-bond donors (Lipinski definition) is 1. The molecule has 0 radical (unpaired) electrons. The molecule has 25 heavy (non-hydrogen) atoms. The maximum atomic E-state index is 12.6. The number of hydrogen-bond acceptors (Lipinski definition) is 5. The lowest BCUT2D eigenvalue weighted by molar-refractivity contribution is 0.0783. The van der Waals surface area contributed by atoms with Gasteiger partial charge in [0.05, 0.1) is 29.5 Å². The van der Waals surface area contributed by atoms with Gasteiger partial charge in [-0.2, -0.15) is 0 Å². The van der Waals surface area contributed by atoms with Gasteiger partial charge in [-0.3, -0.25) is 9.78 Å². The molecule has 0 fully saturated rings. The Hall–Kier alpha value is -2.99. The van der Waals surface area contributed by atoms with E-state index < -0.39 is 0 Å². The molecule has 0 saturated carbocycles. The molecule has 0 aliphatic heterocycles. The van der Waals surface area contributed by atoms with Crippen LogP contribution in [-0.2, 0) is 6.54 Å². The van der Waals surface area contributed by atoms with Gasteiger partial charge in [-0.05, 0) is 30.3 Å². The van der Waals surface area contributed by atoms with Gasteiger partial charge in [0, 0.05) is 19.2 Å². The molecule has 0 aliphatic rings. The molecule has 6 nitrogen and oxygen atoms in total. The molecule has 1 heterocycles. The highest BCUT2D eigenvalue weighted by Crippen LogP contribution is 2.16. The summed E-state index contributed by atoms with van der Waals surface area (Å²) in [5.74, 6) is 0.531. The van der Waals surface area contributed by atoms with Crippen LogP contribution in [0.5, 0.6) is 5.75 Å². The van der Waals surface area contributed by atoms with Crippen LogP contribution >= 0.6 is 0 Å². The van der Waals surface area contributed by atoms with Crippen LogP contribution < -0.4 is 10.5 Å². The number of nitrogens with zero attached hydrogens (tertiary/aromatic N) is 3. The lowest BCUT2D eigenvalue weighted by Crippen LogP contribution is -2.26. The molecule has 0 bridgehead atoms. The van der Waals surface area contributed by atoms with Crippen molar-refractivity contribution in [2.45, 2.75) is 6.54 Å². The zero-order valence-corrected chi connectivity index (χ0v) is 14.1. The van der Waals surface area contributed by atoms with Crippen LogP contribution in [0.3, 0.4) is 0 Å². The third-order valence-corrected chi connectivity index (χ3v) is 3.71. The summed E-state index contributed by atoms with van der Waals surface area (Å²) in [5.41, 5.74) is 8.39.